The van der Waals surface area contributed by atoms with Crippen molar-refractivity contribution >= 4 is 0 Å². The number of benzene rings is 1. The molecule has 0 saturated heterocycles. The van der Waals surface area contributed by atoms with E-state index in [2.05, 4.69) is 28.3 Å². The second-order valence-electron chi connectivity index (χ2n) is 5.22. The molecule has 0 spiro atoms. The van der Waals surface area contributed by atoms with Gasteiger partial charge in [0.05, 0.1) is 12.0 Å². The standard InChI is InChI=1S/C14H17N3O/c1-8(2)12(15)14-16-13(17-18-14)11-7-9-5-3-4-6-10(9)11/h3-6,8,11-12H,7,15H2,1-2H3. The van der Waals surface area contributed by atoms with Crippen molar-refractivity contribution in [2.45, 2.75) is 32.2 Å². The van der Waals surface area contributed by atoms with Crippen LogP contribution < -0.4 is 5.73 Å². The molecule has 1 aromatic heterocycles. The summed E-state index contributed by atoms with van der Waals surface area (Å²) < 4.78 is 5.27. The van der Waals surface area contributed by atoms with Gasteiger partial charge in [-0.1, -0.05) is 43.3 Å². The van der Waals surface area contributed by atoms with Gasteiger partial charge in [0.1, 0.15) is 0 Å². The van der Waals surface area contributed by atoms with Crippen LogP contribution in [0.1, 0.15) is 48.6 Å². The van der Waals surface area contributed by atoms with Gasteiger partial charge in [-0.3, -0.25) is 0 Å². The quantitative estimate of drug-likeness (QED) is 0.899. The van der Waals surface area contributed by atoms with Gasteiger partial charge in [-0.05, 0) is 23.5 Å². The Hall–Kier alpha value is -1.68. The van der Waals surface area contributed by atoms with E-state index in [0.29, 0.717) is 11.8 Å². The van der Waals surface area contributed by atoms with Crippen molar-refractivity contribution in [1.29, 1.82) is 0 Å². The maximum atomic E-state index is 6.01. The predicted octanol–water partition coefficient (Wildman–Crippen LogP) is 2.41. The largest absolute Gasteiger partial charge is 0.338 e. The van der Waals surface area contributed by atoms with Crippen molar-refractivity contribution in [1.82, 2.24) is 10.1 Å². The van der Waals surface area contributed by atoms with Crippen LogP contribution in [0, 0.1) is 5.92 Å². The van der Waals surface area contributed by atoms with E-state index in [1.165, 1.54) is 11.1 Å². The zero-order chi connectivity index (χ0) is 12.7. The van der Waals surface area contributed by atoms with E-state index < -0.39 is 0 Å². The minimum absolute atomic E-state index is 0.179. The van der Waals surface area contributed by atoms with Gasteiger partial charge in [-0.15, -0.1) is 0 Å². The first-order valence-electron chi connectivity index (χ1n) is 6.33. The molecular weight excluding hydrogens is 226 g/mol. The first-order valence-corrected chi connectivity index (χ1v) is 6.33. The SMILES string of the molecule is CC(C)C(N)c1nc(C2Cc3ccccc32)no1. The normalized spacial score (nSPS) is 19.4. The highest BCUT2D eigenvalue weighted by Crippen LogP contribution is 2.38. The van der Waals surface area contributed by atoms with Crippen molar-refractivity contribution in [2.75, 3.05) is 0 Å². The van der Waals surface area contributed by atoms with E-state index in [1.54, 1.807) is 0 Å². The second kappa shape index (κ2) is 4.21. The molecule has 2 N–H and O–H groups in total. The highest BCUT2D eigenvalue weighted by Gasteiger charge is 2.31. The molecule has 3 rings (SSSR count). The maximum Gasteiger partial charge on any atom is 0.243 e. The molecule has 2 aromatic rings. The second-order valence-corrected chi connectivity index (χ2v) is 5.22. The average molecular weight is 243 g/mol. The van der Waals surface area contributed by atoms with Crippen molar-refractivity contribution in [2.24, 2.45) is 11.7 Å². The van der Waals surface area contributed by atoms with Crippen LogP contribution >= 0.6 is 0 Å². The molecule has 2 unspecified atom stereocenters. The Bertz CT molecular complexity index is 562. The number of nitrogens with two attached hydrogens (primary N) is 1. The van der Waals surface area contributed by atoms with Crippen LogP contribution in [0.3, 0.4) is 0 Å². The van der Waals surface area contributed by atoms with Crippen molar-refractivity contribution in [3.8, 4) is 0 Å². The first-order chi connectivity index (χ1) is 8.66. The monoisotopic (exact) mass is 243 g/mol. The molecule has 0 fully saturated rings. The van der Waals surface area contributed by atoms with Crippen molar-refractivity contribution in [3.05, 3.63) is 47.1 Å². The molecule has 1 aliphatic carbocycles. The third-order valence-electron chi connectivity index (χ3n) is 3.63. The molecule has 18 heavy (non-hydrogen) atoms. The van der Waals surface area contributed by atoms with Crippen molar-refractivity contribution < 1.29 is 4.52 Å². The first kappa shape index (κ1) is 11.4. The van der Waals surface area contributed by atoms with Crippen molar-refractivity contribution in [3.63, 3.8) is 0 Å². The lowest BCUT2D eigenvalue weighted by atomic mass is 9.77. The van der Waals surface area contributed by atoms with E-state index in [4.69, 9.17) is 10.3 Å². The van der Waals surface area contributed by atoms with E-state index in [1.807, 2.05) is 19.9 Å². The fourth-order valence-electron chi connectivity index (χ4n) is 2.30. The topological polar surface area (TPSA) is 64.9 Å². The van der Waals surface area contributed by atoms with E-state index >= 15 is 0 Å². The lowest BCUT2D eigenvalue weighted by Crippen LogP contribution is -2.20. The molecule has 0 radical (unpaired) electrons. The van der Waals surface area contributed by atoms with Gasteiger partial charge in [0.25, 0.3) is 0 Å². The number of aromatic nitrogens is 2. The minimum atomic E-state index is -0.179. The molecule has 0 amide bonds. The molecule has 2 atom stereocenters. The molecule has 1 aliphatic rings. The highest BCUT2D eigenvalue weighted by molar-refractivity contribution is 5.43. The molecular formula is C14H17N3O. The van der Waals surface area contributed by atoms with Crippen LogP contribution in [0.2, 0.25) is 0 Å². The van der Waals surface area contributed by atoms with E-state index in [9.17, 15) is 0 Å². The Morgan fingerprint density at radius 1 is 1.33 bits per heavy atom. The third-order valence-corrected chi connectivity index (χ3v) is 3.63. The van der Waals surface area contributed by atoms with E-state index in [-0.39, 0.29) is 12.0 Å². The van der Waals surface area contributed by atoms with Crippen LogP contribution in [0.5, 0.6) is 0 Å². The summed E-state index contributed by atoms with van der Waals surface area (Å²) >= 11 is 0. The van der Waals surface area contributed by atoms with Gasteiger partial charge < -0.3 is 10.3 Å². The van der Waals surface area contributed by atoms with Gasteiger partial charge in [0.15, 0.2) is 5.82 Å². The van der Waals surface area contributed by atoms with Crippen LogP contribution in [0.15, 0.2) is 28.8 Å². The lowest BCUT2D eigenvalue weighted by Gasteiger charge is -2.27. The third kappa shape index (κ3) is 1.73. The maximum absolute atomic E-state index is 6.01. The molecule has 4 nitrogen and oxygen atoms in total. The fourth-order valence-corrected chi connectivity index (χ4v) is 2.30. The van der Waals surface area contributed by atoms with Crippen LogP contribution in [0.25, 0.3) is 0 Å². The fraction of sp³-hybridized carbons (Fsp3) is 0.429. The number of nitrogens with zero attached hydrogens (tertiary/aromatic N) is 2. The summed E-state index contributed by atoms with van der Waals surface area (Å²) in [5.74, 6) is 1.88. The summed E-state index contributed by atoms with van der Waals surface area (Å²) in [6, 6.07) is 8.20. The Kier molecular flexibility index (Phi) is 2.67. The zero-order valence-corrected chi connectivity index (χ0v) is 10.6. The van der Waals surface area contributed by atoms with Gasteiger partial charge in [0.2, 0.25) is 5.89 Å². The lowest BCUT2D eigenvalue weighted by molar-refractivity contribution is 0.321. The summed E-state index contributed by atoms with van der Waals surface area (Å²) in [5.41, 5.74) is 8.69. The Labute approximate surface area is 106 Å². The van der Waals surface area contributed by atoms with Crippen LogP contribution in [0.4, 0.5) is 0 Å². The summed E-state index contributed by atoms with van der Waals surface area (Å²) in [6.45, 7) is 4.10. The van der Waals surface area contributed by atoms with Crippen LogP contribution in [-0.2, 0) is 6.42 Å². The smallest absolute Gasteiger partial charge is 0.243 e. The number of hydrogen-bond donors (Lipinski definition) is 1. The average Bonchev–Trinajstić information content (AvgIpc) is 2.79. The zero-order valence-electron chi connectivity index (χ0n) is 10.6. The van der Waals surface area contributed by atoms with Crippen LogP contribution in [-0.4, -0.2) is 10.1 Å². The predicted molar refractivity (Wildman–Crippen MR) is 68.1 cm³/mol. The summed E-state index contributed by atoms with van der Waals surface area (Å²) in [4.78, 5) is 4.45. The van der Waals surface area contributed by atoms with Gasteiger partial charge in [-0.2, -0.15) is 4.98 Å². The molecule has 4 heteroatoms. The Balaban J connectivity index is 1.84. The molecule has 1 aromatic carbocycles. The summed E-state index contributed by atoms with van der Waals surface area (Å²) in [6.07, 6.45) is 0.992. The van der Waals surface area contributed by atoms with Gasteiger partial charge in [0, 0.05) is 0 Å². The molecule has 0 bridgehead atoms. The van der Waals surface area contributed by atoms with E-state index in [0.717, 1.165) is 12.2 Å². The number of rotatable bonds is 3. The summed E-state index contributed by atoms with van der Waals surface area (Å²) in [5, 5.41) is 4.07. The molecule has 0 aliphatic heterocycles. The minimum Gasteiger partial charge on any atom is -0.338 e. The Morgan fingerprint density at radius 3 is 2.83 bits per heavy atom. The molecule has 0 saturated carbocycles. The number of hydrogen-bond acceptors (Lipinski definition) is 4. The van der Waals surface area contributed by atoms with Gasteiger partial charge in [-0.25, -0.2) is 0 Å². The summed E-state index contributed by atoms with van der Waals surface area (Å²) in [7, 11) is 0. The Morgan fingerprint density at radius 2 is 2.11 bits per heavy atom. The number of fused-ring (bicyclic) bond motifs is 1. The van der Waals surface area contributed by atoms with Gasteiger partial charge >= 0.3 is 0 Å². The molecule has 1 heterocycles. The highest BCUT2D eigenvalue weighted by atomic mass is 16.5. The molecule has 94 valence electrons.